The van der Waals surface area contributed by atoms with Crippen LogP contribution in [0.15, 0.2) is 24.3 Å². The second-order valence-corrected chi connectivity index (χ2v) is 7.71. The molecular weight excluding hydrogens is 266 g/mol. The lowest BCUT2D eigenvalue weighted by molar-refractivity contribution is 0.213. The van der Waals surface area contributed by atoms with Crippen LogP contribution in [0.25, 0.3) is 0 Å². The van der Waals surface area contributed by atoms with Crippen LogP contribution in [0, 0.1) is 11.3 Å². The number of hydrogen-bond donors (Lipinski definition) is 1. The molecule has 2 rings (SSSR count). The van der Waals surface area contributed by atoms with Gasteiger partial charge in [-0.1, -0.05) is 50.9 Å². The quantitative estimate of drug-likeness (QED) is 0.733. The Kier molecular flexibility index (Phi) is 5.51. The van der Waals surface area contributed by atoms with Gasteiger partial charge in [-0.3, -0.25) is 0 Å². The molecular formula is C18H28ClN. The van der Waals surface area contributed by atoms with E-state index in [0.717, 1.165) is 17.5 Å². The van der Waals surface area contributed by atoms with Crippen molar-refractivity contribution in [1.29, 1.82) is 0 Å². The van der Waals surface area contributed by atoms with Crippen molar-refractivity contribution < 1.29 is 0 Å². The van der Waals surface area contributed by atoms with E-state index < -0.39 is 0 Å². The molecule has 1 nitrogen and oxygen atoms in total. The fraction of sp³-hybridized carbons (Fsp3) is 0.667. The predicted octanol–water partition coefficient (Wildman–Crippen LogP) is 5.42. The minimum Gasteiger partial charge on any atom is -0.310 e. The molecule has 112 valence electrons. The van der Waals surface area contributed by atoms with Crippen LogP contribution in [-0.2, 0) is 6.54 Å². The van der Waals surface area contributed by atoms with E-state index in [1.807, 2.05) is 12.1 Å². The van der Waals surface area contributed by atoms with Crippen LogP contribution in [0.1, 0.15) is 58.4 Å². The van der Waals surface area contributed by atoms with Crippen molar-refractivity contribution in [3.8, 4) is 0 Å². The van der Waals surface area contributed by atoms with E-state index in [0.29, 0.717) is 11.5 Å². The average Bonchev–Trinajstić information content (AvgIpc) is 2.63. The molecule has 1 aromatic rings. The van der Waals surface area contributed by atoms with Gasteiger partial charge in [0.25, 0.3) is 0 Å². The van der Waals surface area contributed by atoms with Gasteiger partial charge in [-0.25, -0.2) is 0 Å². The van der Waals surface area contributed by atoms with E-state index in [4.69, 9.17) is 11.6 Å². The number of nitrogens with one attached hydrogen (secondary N) is 1. The highest BCUT2D eigenvalue weighted by Gasteiger charge is 2.27. The van der Waals surface area contributed by atoms with E-state index >= 15 is 0 Å². The molecule has 1 fully saturated rings. The first kappa shape index (κ1) is 15.9. The largest absolute Gasteiger partial charge is 0.310 e. The second kappa shape index (κ2) is 6.95. The van der Waals surface area contributed by atoms with E-state index in [1.165, 1.54) is 37.7 Å². The third-order valence-electron chi connectivity index (χ3n) is 4.70. The van der Waals surface area contributed by atoms with Crippen molar-refractivity contribution in [2.75, 3.05) is 0 Å². The smallest absolute Gasteiger partial charge is 0.0406 e. The van der Waals surface area contributed by atoms with Gasteiger partial charge in [0.1, 0.15) is 0 Å². The predicted molar refractivity (Wildman–Crippen MR) is 88.1 cm³/mol. The summed E-state index contributed by atoms with van der Waals surface area (Å²) >= 11 is 5.92. The molecule has 1 aromatic carbocycles. The Labute approximate surface area is 129 Å². The van der Waals surface area contributed by atoms with Gasteiger partial charge in [-0.15, -0.1) is 0 Å². The van der Waals surface area contributed by atoms with E-state index in [2.05, 4.69) is 38.2 Å². The molecule has 1 saturated carbocycles. The summed E-state index contributed by atoms with van der Waals surface area (Å²) in [5, 5.41) is 4.54. The number of rotatable bonds is 3. The first-order chi connectivity index (χ1) is 9.45. The molecule has 2 heteroatoms. The minimum absolute atomic E-state index is 0.463. The van der Waals surface area contributed by atoms with Gasteiger partial charge in [0.05, 0.1) is 0 Å². The highest BCUT2D eigenvalue weighted by atomic mass is 35.5. The van der Waals surface area contributed by atoms with Crippen LogP contribution in [0.2, 0.25) is 5.02 Å². The highest BCUT2D eigenvalue weighted by molar-refractivity contribution is 6.30. The van der Waals surface area contributed by atoms with Crippen LogP contribution in [0.3, 0.4) is 0 Å². The van der Waals surface area contributed by atoms with Crippen molar-refractivity contribution in [1.82, 2.24) is 5.32 Å². The second-order valence-electron chi connectivity index (χ2n) is 7.28. The maximum Gasteiger partial charge on any atom is 0.0406 e. The molecule has 0 heterocycles. The van der Waals surface area contributed by atoms with Gasteiger partial charge < -0.3 is 5.32 Å². The summed E-state index contributed by atoms with van der Waals surface area (Å²) in [6.07, 6.45) is 6.75. The summed E-state index contributed by atoms with van der Waals surface area (Å²) in [7, 11) is 0. The number of halogens is 1. The first-order valence-electron chi connectivity index (χ1n) is 7.93. The molecule has 2 unspecified atom stereocenters. The Morgan fingerprint density at radius 1 is 1.05 bits per heavy atom. The Bertz CT molecular complexity index is 404. The summed E-state index contributed by atoms with van der Waals surface area (Å²) in [6, 6.07) is 8.86. The van der Waals surface area contributed by atoms with Gasteiger partial charge in [0.15, 0.2) is 0 Å². The monoisotopic (exact) mass is 293 g/mol. The summed E-state index contributed by atoms with van der Waals surface area (Å²) in [5.41, 5.74) is 1.79. The summed E-state index contributed by atoms with van der Waals surface area (Å²) in [5.74, 6) is 0.879. The van der Waals surface area contributed by atoms with Crippen LogP contribution in [-0.4, -0.2) is 6.04 Å². The molecule has 2 atom stereocenters. The van der Waals surface area contributed by atoms with Crippen molar-refractivity contribution in [3.63, 3.8) is 0 Å². The molecule has 1 aliphatic rings. The molecule has 20 heavy (non-hydrogen) atoms. The fourth-order valence-corrected chi connectivity index (χ4v) is 3.36. The normalized spacial score (nSPS) is 24.4. The van der Waals surface area contributed by atoms with Crippen molar-refractivity contribution in [2.45, 2.75) is 65.5 Å². The van der Waals surface area contributed by atoms with Crippen molar-refractivity contribution in [2.24, 2.45) is 11.3 Å². The molecule has 0 aromatic heterocycles. The van der Waals surface area contributed by atoms with Gasteiger partial charge in [0.2, 0.25) is 0 Å². The Morgan fingerprint density at radius 2 is 1.75 bits per heavy atom. The maximum absolute atomic E-state index is 5.92. The van der Waals surface area contributed by atoms with E-state index in [9.17, 15) is 0 Å². The Hall–Kier alpha value is -0.530. The van der Waals surface area contributed by atoms with Gasteiger partial charge in [-0.2, -0.15) is 0 Å². The number of benzene rings is 1. The SMILES string of the molecule is CC(C)(C)C1CCCC(NCc2ccc(Cl)cc2)CC1. The van der Waals surface area contributed by atoms with Gasteiger partial charge in [0, 0.05) is 17.6 Å². The van der Waals surface area contributed by atoms with Crippen molar-refractivity contribution >= 4 is 11.6 Å². The lowest BCUT2D eigenvalue weighted by Gasteiger charge is -2.29. The zero-order valence-corrected chi connectivity index (χ0v) is 13.8. The maximum atomic E-state index is 5.92. The van der Waals surface area contributed by atoms with Crippen molar-refractivity contribution in [3.05, 3.63) is 34.9 Å². The molecule has 0 radical (unpaired) electrons. The van der Waals surface area contributed by atoms with Crippen LogP contribution in [0.4, 0.5) is 0 Å². The Morgan fingerprint density at radius 3 is 2.40 bits per heavy atom. The Balaban J connectivity index is 1.81. The van der Waals surface area contributed by atoms with Crippen LogP contribution >= 0.6 is 11.6 Å². The average molecular weight is 294 g/mol. The third-order valence-corrected chi connectivity index (χ3v) is 4.95. The van der Waals surface area contributed by atoms with Crippen LogP contribution in [0.5, 0.6) is 0 Å². The van der Waals surface area contributed by atoms with E-state index in [1.54, 1.807) is 0 Å². The van der Waals surface area contributed by atoms with Gasteiger partial charge in [-0.05, 0) is 54.7 Å². The lowest BCUT2D eigenvalue weighted by Crippen LogP contribution is -2.28. The molecule has 0 aliphatic heterocycles. The fourth-order valence-electron chi connectivity index (χ4n) is 3.24. The highest BCUT2D eigenvalue weighted by Crippen LogP contribution is 2.36. The molecule has 1 aliphatic carbocycles. The molecule has 0 spiro atoms. The summed E-state index contributed by atoms with van der Waals surface area (Å²) in [6.45, 7) is 8.12. The molecule has 1 N–H and O–H groups in total. The van der Waals surface area contributed by atoms with E-state index in [-0.39, 0.29) is 0 Å². The van der Waals surface area contributed by atoms with Gasteiger partial charge >= 0.3 is 0 Å². The lowest BCUT2D eigenvalue weighted by atomic mass is 9.76. The molecule has 0 bridgehead atoms. The zero-order valence-electron chi connectivity index (χ0n) is 13.1. The summed E-state index contributed by atoms with van der Waals surface area (Å²) < 4.78 is 0. The summed E-state index contributed by atoms with van der Waals surface area (Å²) in [4.78, 5) is 0. The van der Waals surface area contributed by atoms with Crippen LogP contribution < -0.4 is 5.32 Å². The standard InChI is InChI=1S/C18H28ClN/c1-18(2,3)15-5-4-6-17(12-9-15)20-13-14-7-10-16(19)11-8-14/h7-8,10-11,15,17,20H,4-6,9,12-13H2,1-3H3. The number of hydrogen-bond acceptors (Lipinski definition) is 1. The zero-order chi connectivity index (χ0) is 14.6. The topological polar surface area (TPSA) is 12.0 Å². The third kappa shape index (κ3) is 4.79. The molecule has 0 saturated heterocycles. The first-order valence-corrected chi connectivity index (χ1v) is 8.31. The molecule has 0 amide bonds. The minimum atomic E-state index is 0.463.